The number of halogens is 1. The molecule has 2 aromatic rings. The van der Waals surface area contributed by atoms with E-state index in [0.29, 0.717) is 18.0 Å². The van der Waals surface area contributed by atoms with Crippen molar-refractivity contribution in [3.05, 3.63) is 59.9 Å². The number of nitrogens with zero attached hydrogens (tertiary/aromatic N) is 1. The number of likely N-dealkylation sites (tertiary alicyclic amines) is 1. The largest absolute Gasteiger partial charge is 0.489 e. The Hall–Kier alpha value is -2.60. The number of anilines is 1. The number of amides is 2. The molecule has 1 saturated heterocycles. The fourth-order valence-corrected chi connectivity index (χ4v) is 2.95. The molecule has 25 heavy (non-hydrogen) atoms. The second-order valence-corrected chi connectivity index (χ2v) is 6.05. The monoisotopic (exact) mass is 344 g/mol. The van der Waals surface area contributed by atoms with Crippen LogP contribution in [0, 0.1) is 5.82 Å². The van der Waals surface area contributed by atoms with E-state index in [2.05, 4.69) is 5.32 Å². The van der Waals surface area contributed by atoms with Crippen molar-refractivity contribution in [2.24, 2.45) is 0 Å². The molecule has 5 nitrogen and oxygen atoms in total. The Morgan fingerprint density at radius 2 is 2.12 bits per heavy atom. The van der Waals surface area contributed by atoms with E-state index < -0.39 is 0 Å². The van der Waals surface area contributed by atoms with Gasteiger partial charge in [-0.25, -0.2) is 9.18 Å². The first-order valence-electron chi connectivity index (χ1n) is 8.31. The SMILES string of the molecule is O=C(Nc1cccc(OCc2cccc(F)c2)c1)N1CCCC1CO. The predicted octanol–water partition coefficient (Wildman–Crippen LogP) is 3.39. The summed E-state index contributed by atoms with van der Waals surface area (Å²) in [7, 11) is 0. The van der Waals surface area contributed by atoms with E-state index in [0.717, 1.165) is 18.4 Å². The number of carbonyl (C=O) groups is 1. The summed E-state index contributed by atoms with van der Waals surface area (Å²) in [5, 5.41) is 12.2. The third-order valence-electron chi connectivity index (χ3n) is 4.23. The van der Waals surface area contributed by atoms with Crippen LogP contribution in [-0.2, 0) is 6.61 Å². The molecule has 1 aliphatic rings. The quantitative estimate of drug-likeness (QED) is 0.874. The number of rotatable bonds is 5. The molecule has 1 fully saturated rings. The van der Waals surface area contributed by atoms with Gasteiger partial charge in [0.2, 0.25) is 0 Å². The molecule has 2 N–H and O–H groups in total. The molecular formula is C19H21FN2O3. The van der Waals surface area contributed by atoms with Crippen LogP contribution in [0.4, 0.5) is 14.9 Å². The molecule has 1 unspecified atom stereocenters. The molecular weight excluding hydrogens is 323 g/mol. The van der Waals surface area contributed by atoms with Gasteiger partial charge in [-0.05, 0) is 42.7 Å². The smallest absolute Gasteiger partial charge is 0.322 e. The third kappa shape index (κ3) is 4.48. The topological polar surface area (TPSA) is 61.8 Å². The number of hydrogen-bond donors (Lipinski definition) is 2. The number of carbonyl (C=O) groups excluding carboxylic acids is 1. The van der Waals surface area contributed by atoms with Gasteiger partial charge in [-0.3, -0.25) is 0 Å². The summed E-state index contributed by atoms with van der Waals surface area (Å²) in [4.78, 5) is 14.0. The predicted molar refractivity (Wildman–Crippen MR) is 93.0 cm³/mol. The first-order valence-corrected chi connectivity index (χ1v) is 8.31. The fourth-order valence-electron chi connectivity index (χ4n) is 2.95. The molecule has 0 aliphatic carbocycles. The van der Waals surface area contributed by atoms with Crippen molar-refractivity contribution in [2.45, 2.75) is 25.5 Å². The van der Waals surface area contributed by atoms with Crippen LogP contribution in [0.2, 0.25) is 0 Å². The van der Waals surface area contributed by atoms with Crippen molar-refractivity contribution in [1.29, 1.82) is 0 Å². The molecule has 2 aromatic carbocycles. The molecule has 1 atom stereocenters. The van der Waals surface area contributed by atoms with Crippen LogP contribution < -0.4 is 10.1 Å². The first kappa shape index (κ1) is 17.2. The Kier molecular flexibility index (Phi) is 5.50. The van der Waals surface area contributed by atoms with Gasteiger partial charge in [-0.15, -0.1) is 0 Å². The summed E-state index contributed by atoms with van der Waals surface area (Å²) in [6.45, 7) is 0.866. The van der Waals surface area contributed by atoms with Crippen LogP contribution >= 0.6 is 0 Å². The van der Waals surface area contributed by atoms with Crippen molar-refractivity contribution in [2.75, 3.05) is 18.5 Å². The van der Waals surface area contributed by atoms with Crippen molar-refractivity contribution < 1.29 is 19.0 Å². The summed E-state index contributed by atoms with van der Waals surface area (Å²) < 4.78 is 18.8. The number of aliphatic hydroxyl groups excluding tert-OH is 1. The minimum Gasteiger partial charge on any atom is -0.489 e. The molecule has 0 radical (unpaired) electrons. The molecule has 6 heteroatoms. The Morgan fingerprint density at radius 3 is 2.92 bits per heavy atom. The normalized spacial score (nSPS) is 16.7. The summed E-state index contributed by atoms with van der Waals surface area (Å²) >= 11 is 0. The van der Waals surface area contributed by atoms with Crippen LogP contribution in [0.3, 0.4) is 0 Å². The summed E-state index contributed by atoms with van der Waals surface area (Å²) in [5.41, 5.74) is 1.35. The van der Waals surface area contributed by atoms with Crippen LogP contribution in [0.25, 0.3) is 0 Å². The van der Waals surface area contributed by atoms with Gasteiger partial charge in [-0.2, -0.15) is 0 Å². The number of urea groups is 1. The van der Waals surface area contributed by atoms with E-state index in [1.54, 1.807) is 41.3 Å². The summed E-state index contributed by atoms with van der Waals surface area (Å²) in [6.07, 6.45) is 1.72. The zero-order chi connectivity index (χ0) is 17.6. The zero-order valence-electron chi connectivity index (χ0n) is 13.8. The van der Waals surface area contributed by atoms with Crippen LogP contribution in [-0.4, -0.2) is 35.2 Å². The number of benzene rings is 2. The van der Waals surface area contributed by atoms with Crippen molar-refractivity contribution in [1.82, 2.24) is 4.90 Å². The van der Waals surface area contributed by atoms with Gasteiger partial charge < -0.3 is 20.1 Å². The average Bonchev–Trinajstić information content (AvgIpc) is 3.09. The van der Waals surface area contributed by atoms with Gasteiger partial charge in [0.1, 0.15) is 18.2 Å². The van der Waals surface area contributed by atoms with E-state index in [4.69, 9.17) is 4.74 Å². The Morgan fingerprint density at radius 1 is 1.28 bits per heavy atom. The van der Waals surface area contributed by atoms with Crippen LogP contribution in [0.5, 0.6) is 5.75 Å². The standard InChI is InChI=1S/C19H21FN2O3/c20-15-5-1-4-14(10-15)13-25-18-8-2-6-16(11-18)21-19(24)22-9-3-7-17(22)12-23/h1-2,4-6,8,10-11,17,23H,3,7,9,12-13H2,(H,21,24). The third-order valence-corrected chi connectivity index (χ3v) is 4.23. The van der Waals surface area contributed by atoms with Crippen LogP contribution in [0.1, 0.15) is 18.4 Å². The molecule has 132 valence electrons. The lowest BCUT2D eigenvalue weighted by atomic mass is 10.2. The van der Waals surface area contributed by atoms with Gasteiger partial charge in [0.05, 0.1) is 12.6 Å². The van der Waals surface area contributed by atoms with Gasteiger partial charge in [0.25, 0.3) is 0 Å². The van der Waals surface area contributed by atoms with E-state index in [9.17, 15) is 14.3 Å². The lowest BCUT2D eigenvalue weighted by Gasteiger charge is -2.23. The Balaban J connectivity index is 1.60. The molecule has 0 bridgehead atoms. The Labute approximate surface area is 146 Å². The zero-order valence-corrected chi connectivity index (χ0v) is 13.8. The van der Waals surface area contributed by atoms with Gasteiger partial charge in [0, 0.05) is 18.3 Å². The van der Waals surface area contributed by atoms with E-state index in [1.807, 2.05) is 0 Å². The molecule has 1 heterocycles. The van der Waals surface area contributed by atoms with Gasteiger partial charge in [-0.1, -0.05) is 18.2 Å². The number of hydrogen-bond acceptors (Lipinski definition) is 3. The van der Waals surface area contributed by atoms with Crippen LogP contribution in [0.15, 0.2) is 48.5 Å². The van der Waals surface area contributed by atoms with Crippen molar-refractivity contribution in [3.8, 4) is 5.75 Å². The summed E-state index contributed by atoms with van der Waals surface area (Å²) in [5.74, 6) is 0.286. The number of ether oxygens (including phenoxy) is 1. The molecule has 1 aliphatic heterocycles. The first-order chi connectivity index (χ1) is 12.2. The maximum Gasteiger partial charge on any atom is 0.322 e. The number of nitrogens with one attached hydrogen (secondary N) is 1. The lowest BCUT2D eigenvalue weighted by molar-refractivity contribution is 0.166. The van der Waals surface area contributed by atoms with E-state index in [1.165, 1.54) is 12.1 Å². The molecule has 3 rings (SSSR count). The van der Waals surface area contributed by atoms with E-state index >= 15 is 0 Å². The maximum atomic E-state index is 13.2. The Bertz CT molecular complexity index is 738. The van der Waals surface area contributed by atoms with Crippen molar-refractivity contribution in [3.63, 3.8) is 0 Å². The minimum atomic E-state index is -0.300. The van der Waals surface area contributed by atoms with Gasteiger partial charge in [0.15, 0.2) is 0 Å². The highest BCUT2D eigenvalue weighted by molar-refractivity contribution is 5.89. The lowest BCUT2D eigenvalue weighted by Crippen LogP contribution is -2.40. The fraction of sp³-hybridized carbons (Fsp3) is 0.316. The molecule has 0 aromatic heterocycles. The summed E-state index contributed by atoms with van der Waals surface area (Å²) in [6, 6.07) is 13.0. The highest BCUT2D eigenvalue weighted by atomic mass is 19.1. The molecule has 0 spiro atoms. The average molecular weight is 344 g/mol. The second kappa shape index (κ2) is 7.98. The second-order valence-electron chi connectivity index (χ2n) is 6.05. The molecule has 0 saturated carbocycles. The highest BCUT2D eigenvalue weighted by Crippen LogP contribution is 2.22. The van der Waals surface area contributed by atoms with Gasteiger partial charge >= 0.3 is 6.03 Å². The minimum absolute atomic E-state index is 0.0236. The molecule has 2 amide bonds. The van der Waals surface area contributed by atoms with Crippen molar-refractivity contribution >= 4 is 11.7 Å². The van der Waals surface area contributed by atoms with E-state index in [-0.39, 0.29) is 31.1 Å². The highest BCUT2D eigenvalue weighted by Gasteiger charge is 2.27. The number of aliphatic hydroxyl groups is 1. The maximum absolute atomic E-state index is 13.2.